The zero-order chi connectivity index (χ0) is 13.2. The van der Waals surface area contributed by atoms with Gasteiger partial charge in [0.25, 0.3) is 5.22 Å². The fourth-order valence-electron chi connectivity index (χ4n) is 1.55. The molecule has 2 heterocycles. The Hall–Kier alpha value is -1.53. The molecule has 19 heavy (non-hydrogen) atoms. The second kappa shape index (κ2) is 5.22. The predicted molar refractivity (Wildman–Crippen MR) is 72.3 cm³/mol. The number of halogens is 1. The van der Waals surface area contributed by atoms with Crippen LogP contribution in [0.2, 0.25) is 5.02 Å². The summed E-state index contributed by atoms with van der Waals surface area (Å²) in [5.41, 5.74) is 1.46. The SMILES string of the molecule is CCc1nnc(CSc2nc3cc(Cl)ccc3o2)o1. The Labute approximate surface area is 118 Å². The first-order valence-corrected chi connectivity index (χ1v) is 7.11. The van der Waals surface area contributed by atoms with Crippen molar-refractivity contribution >= 4 is 34.5 Å². The number of thioether (sulfide) groups is 1. The third kappa shape index (κ3) is 2.74. The van der Waals surface area contributed by atoms with Crippen molar-refractivity contribution in [3.63, 3.8) is 0 Å². The first kappa shape index (κ1) is 12.5. The lowest BCUT2D eigenvalue weighted by atomic mass is 10.3. The number of hydrogen-bond donors (Lipinski definition) is 0. The number of benzene rings is 1. The molecule has 3 aromatic rings. The summed E-state index contributed by atoms with van der Waals surface area (Å²) >= 11 is 7.31. The molecule has 0 radical (unpaired) electrons. The Morgan fingerprint density at radius 1 is 1.21 bits per heavy atom. The van der Waals surface area contributed by atoms with Crippen molar-refractivity contribution in [3.8, 4) is 0 Å². The predicted octanol–water partition coefficient (Wildman–Crippen LogP) is 3.72. The second-order valence-electron chi connectivity index (χ2n) is 3.82. The Balaban J connectivity index is 1.74. The third-order valence-corrected chi connectivity index (χ3v) is 3.51. The maximum absolute atomic E-state index is 5.90. The monoisotopic (exact) mass is 295 g/mol. The minimum absolute atomic E-state index is 0.535. The van der Waals surface area contributed by atoms with Gasteiger partial charge in [0.05, 0.1) is 5.75 Å². The Morgan fingerprint density at radius 2 is 2.05 bits per heavy atom. The Morgan fingerprint density at radius 3 is 2.84 bits per heavy atom. The molecule has 7 heteroatoms. The lowest BCUT2D eigenvalue weighted by Gasteiger charge is -1.90. The van der Waals surface area contributed by atoms with Gasteiger partial charge in [-0.2, -0.15) is 0 Å². The minimum Gasteiger partial charge on any atom is -0.431 e. The molecule has 0 fully saturated rings. The largest absolute Gasteiger partial charge is 0.431 e. The van der Waals surface area contributed by atoms with Gasteiger partial charge in [-0.1, -0.05) is 30.3 Å². The molecule has 3 rings (SSSR count). The van der Waals surface area contributed by atoms with Crippen LogP contribution in [0.4, 0.5) is 0 Å². The van der Waals surface area contributed by atoms with E-state index in [4.69, 9.17) is 20.4 Å². The van der Waals surface area contributed by atoms with Crippen LogP contribution in [0.1, 0.15) is 18.7 Å². The molecule has 0 aliphatic rings. The van der Waals surface area contributed by atoms with Gasteiger partial charge in [0.2, 0.25) is 11.8 Å². The van der Waals surface area contributed by atoms with Crippen LogP contribution in [-0.2, 0) is 12.2 Å². The van der Waals surface area contributed by atoms with Crippen molar-refractivity contribution in [2.24, 2.45) is 0 Å². The molecule has 0 spiro atoms. The lowest BCUT2D eigenvalue weighted by Crippen LogP contribution is -1.80. The maximum Gasteiger partial charge on any atom is 0.257 e. The first-order valence-electron chi connectivity index (χ1n) is 5.74. The third-order valence-electron chi connectivity index (χ3n) is 2.46. The van der Waals surface area contributed by atoms with Crippen LogP contribution in [0.5, 0.6) is 0 Å². The first-order chi connectivity index (χ1) is 9.24. The number of rotatable bonds is 4. The number of aryl methyl sites for hydroxylation is 1. The Kier molecular flexibility index (Phi) is 3.44. The summed E-state index contributed by atoms with van der Waals surface area (Å²) in [6.07, 6.45) is 0.735. The summed E-state index contributed by atoms with van der Waals surface area (Å²) < 4.78 is 11.0. The molecule has 98 valence electrons. The van der Waals surface area contributed by atoms with E-state index in [-0.39, 0.29) is 0 Å². The normalized spacial score (nSPS) is 11.3. The zero-order valence-electron chi connectivity index (χ0n) is 10.1. The van der Waals surface area contributed by atoms with Crippen LogP contribution >= 0.6 is 23.4 Å². The quantitative estimate of drug-likeness (QED) is 0.684. The highest BCUT2D eigenvalue weighted by Crippen LogP contribution is 2.27. The lowest BCUT2D eigenvalue weighted by molar-refractivity contribution is 0.466. The smallest absolute Gasteiger partial charge is 0.257 e. The van der Waals surface area contributed by atoms with E-state index >= 15 is 0 Å². The van der Waals surface area contributed by atoms with E-state index in [9.17, 15) is 0 Å². The van der Waals surface area contributed by atoms with Crippen LogP contribution in [0.3, 0.4) is 0 Å². The summed E-state index contributed by atoms with van der Waals surface area (Å²) in [7, 11) is 0. The molecule has 0 bridgehead atoms. The number of fused-ring (bicyclic) bond motifs is 1. The summed E-state index contributed by atoms with van der Waals surface area (Å²) in [5, 5.41) is 9.05. The fourth-order valence-corrected chi connectivity index (χ4v) is 2.40. The van der Waals surface area contributed by atoms with Crippen molar-refractivity contribution in [2.45, 2.75) is 24.3 Å². The molecule has 0 atom stereocenters. The molecule has 0 aliphatic carbocycles. The molecule has 0 unspecified atom stereocenters. The van der Waals surface area contributed by atoms with Crippen molar-refractivity contribution < 1.29 is 8.83 Å². The average Bonchev–Trinajstić information content (AvgIpc) is 3.01. The van der Waals surface area contributed by atoms with E-state index in [1.807, 2.05) is 6.92 Å². The minimum atomic E-state index is 0.535. The molecular formula is C12H10ClN3O2S. The van der Waals surface area contributed by atoms with Crippen molar-refractivity contribution in [3.05, 3.63) is 35.0 Å². The molecule has 5 nitrogen and oxygen atoms in total. The highest BCUT2D eigenvalue weighted by atomic mass is 35.5. The average molecular weight is 296 g/mol. The van der Waals surface area contributed by atoms with Crippen LogP contribution in [0.15, 0.2) is 32.3 Å². The highest BCUT2D eigenvalue weighted by molar-refractivity contribution is 7.98. The number of aromatic nitrogens is 3. The standard InChI is InChI=1S/C12H10ClN3O2S/c1-2-10-15-16-11(18-10)6-19-12-14-8-5-7(13)3-4-9(8)17-12/h3-5H,2,6H2,1H3. The van der Waals surface area contributed by atoms with E-state index in [0.717, 1.165) is 11.9 Å². The van der Waals surface area contributed by atoms with Gasteiger partial charge in [0.1, 0.15) is 5.52 Å². The number of hydrogen-bond acceptors (Lipinski definition) is 6. The Bertz CT molecular complexity index is 710. The topological polar surface area (TPSA) is 65.0 Å². The number of oxazole rings is 1. The van der Waals surface area contributed by atoms with E-state index in [2.05, 4.69) is 15.2 Å². The molecule has 0 aliphatic heterocycles. The maximum atomic E-state index is 5.90. The van der Waals surface area contributed by atoms with E-state index in [0.29, 0.717) is 33.4 Å². The van der Waals surface area contributed by atoms with Gasteiger partial charge in [0, 0.05) is 11.4 Å². The van der Waals surface area contributed by atoms with Crippen LogP contribution < -0.4 is 0 Å². The van der Waals surface area contributed by atoms with E-state index < -0.39 is 0 Å². The van der Waals surface area contributed by atoms with Gasteiger partial charge in [-0.05, 0) is 18.2 Å². The summed E-state index contributed by atoms with van der Waals surface area (Å²) in [6.45, 7) is 1.97. The molecule has 2 aromatic heterocycles. The van der Waals surface area contributed by atoms with Gasteiger partial charge in [-0.15, -0.1) is 10.2 Å². The van der Waals surface area contributed by atoms with Crippen molar-refractivity contribution in [2.75, 3.05) is 0 Å². The number of nitrogens with zero attached hydrogens (tertiary/aromatic N) is 3. The summed E-state index contributed by atoms with van der Waals surface area (Å²) in [4.78, 5) is 4.34. The van der Waals surface area contributed by atoms with Crippen LogP contribution in [-0.4, -0.2) is 15.2 Å². The summed E-state index contributed by atoms with van der Waals surface area (Å²) in [5.74, 6) is 1.75. The van der Waals surface area contributed by atoms with Crippen LogP contribution in [0.25, 0.3) is 11.1 Å². The fraction of sp³-hybridized carbons (Fsp3) is 0.250. The van der Waals surface area contributed by atoms with Crippen molar-refractivity contribution in [1.82, 2.24) is 15.2 Å². The molecule has 1 aromatic carbocycles. The van der Waals surface area contributed by atoms with Crippen LogP contribution in [0, 0.1) is 0 Å². The molecular weight excluding hydrogens is 286 g/mol. The summed E-state index contributed by atoms with van der Waals surface area (Å²) in [6, 6.07) is 5.35. The van der Waals surface area contributed by atoms with Gasteiger partial charge in [-0.25, -0.2) is 4.98 Å². The van der Waals surface area contributed by atoms with E-state index in [1.165, 1.54) is 11.8 Å². The molecule has 0 saturated heterocycles. The van der Waals surface area contributed by atoms with Gasteiger partial charge >= 0.3 is 0 Å². The van der Waals surface area contributed by atoms with Gasteiger partial charge in [0.15, 0.2) is 5.58 Å². The second-order valence-corrected chi connectivity index (χ2v) is 5.19. The highest BCUT2D eigenvalue weighted by Gasteiger charge is 2.10. The van der Waals surface area contributed by atoms with E-state index in [1.54, 1.807) is 18.2 Å². The molecule has 0 N–H and O–H groups in total. The van der Waals surface area contributed by atoms with Crippen molar-refractivity contribution in [1.29, 1.82) is 0 Å². The van der Waals surface area contributed by atoms with Gasteiger partial charge in [-0.3, -0.25) is 0 Å². The van der Waals surface area contributed by atoms with Gasteiger partial charge < -0.3 is 8.83 Å². The zero-order valence-corrected chi connectivity index (χ0v) is 11.7. The molecule has 0 amide bonds. The molecule has 0 saturated carbocycles.